The molecule has 0 spiro atoms. The van der Waals surface area contributed by atoms with Crippen molar-refractivity contribution in [2.45, 2.75) is 70.1 Å². The van der Waals surface area contributed by atoms with Gasteiger partial charge < -0.3 is 15.3 Å². The number of piperidine rings is 1. The van der Waals surface area contributed by atoms with E-state index in [-0.39, 0.29) is 6.10 Å². The van der Waals surface area contributed by atoms with E-state index >= 15 is 0 Å². The molecule has 3 unspecified atom stereocenters. The van der Waals surface area contributed by atoms with Crippen LogP contribution < -0.4 is 5.32 Å². The Morgan fingerprint density at radius 1 is 1.11 bits per heavy atom. The standard InChI is InChI=1S/C16H30N2O/c1-2-16(19)8-13-7-15(17-14-5-6-14)11-18(10-13)9-12-3-4-12/h12-17,19H,2-11H2,1H3. The summed E-state index contributed by atoms with van der Waals surface area (Å²) in [6, 6.07) is 1.48. The van der Waals surface area contributed by atoms with Crippen molar-refractivity contribution in [1.29, 1.82) is 0 Å². The molecule has 3 nitrogen and oxygen atoms in total. The lowest BCUT2D eigenvalue weighted by molar-refractivity contribution is 0.0814. The molecule has 1 heterocycles. The molecule has 3 fully saturated rings. The summed E-state index contributed by atoms with van der Waals surface area (Å²) >= 11 is 0. The number of rotatable bonds is 7. The monoisotopic (exact) mass is 266 g/mol. The van der Waals surface area contributed by atoms with E-state index in [1.165, 1.54) is 51.7 Å². The van der Waals surface area contributed by atoms with Crippen molar-refractivity contribution in [3.8, 4) is 0 Å². The number of aliphatic hydroxyl groups is 1. The lowest BCUT2D eigenvalue weighted by Crippen LogP contribution is -2.50. The van der Waals surface area contributed by atoms with Crippen LogP contribution in [0.25, 0.3) is 0 Å². The highest BCUT2D eigenvalue weighted by atomic mass is 16.3. The molecule has 0 aromatic rings. The number of hydrogen-bond acceptors (Lipinski definition) is 3. The molecule has 0 bridgehead atoms. The second-order valence-electron chi connectivity index (χ2n) is 7.20. The van der Waals surface area contributed by atoms with Gasteiger partial charge in [-0.05, 0) is 56.8 Å². The Kier molecular flexibility index (Phi) is 4.45. The zero-order valence-corrected chi connectivity index (χ0v) is 12.4. The summed E-state index contributed by atoms with van der Waals surface area (Å²) in [5.74, 6) is 1.68. The molecular formula is C16H30N2O. The van der Waals surface area contributed by atoms with Crippen LogP contribution in [0.1, 0.15) is 51.9 Å². The first kappa shape index (κ1) is 13.8. The maximum absolute atomic E-state index is 9.93. The molecule has 2 saturated carbocycles. The zero-order valence-electron chi connectivity index (χ0n) is 12.4. The number of likely N-dealkylation sites (tertiary alicyclic amines) is 1. The summed E-state index contributed by atoms with van der Waals surface area (Å²) < 4.78 is 0. The average molecular weight is 266 g/mol. The second kappa shape index (κ2) is 6.11. The van der Waals surface area contributed by atoms with Crippen molar-refractivity contribution in [2.75, 3.05) is 19.6 Å². The highest BCUT2D eigenvalue weighted by Gasteiger charge is 2.34. The van der Waals surface area contributed by atoms with E-state index in [9.17, 15) is 5.11 Å². The van der Waals surface area contributed by atoms with Crippen LogP contribution in [0, 0.1) is 11.8 Å². The van der Waals surface area contributed by atoms with Gasteiger partial charge in [0.05, 0.1) is 6.10 Å². The molecule has 0 amide bonds. The predicted octanol–water partition coefficient (Wildman–Crippen LogP) is 2.00. The first-order valence-electron chi connectivity index (χ1n) is 8.39. The summed E-state index contributed by atoms with van der Waals surface area (Å²) in [7, 11) is 0. The normalized spacial score (nSPS) is 34.4. The number of nitrogens with zero attached hydrogens (tertiary/aromatic N) is 1. The molecule has 110 valence electrons. The van der Waals surface area contributed by atoms with Gasteiger partial charge >= 0.3 is 0 Å². The Morgan fingerprint density at radius 2 is 1.89 bits per heavy atom. The van der Waals surface area contributed by atoms with Crippen LogP contribution in [0.5, 0.6) is 0 Å². The maximum Gasteiger partial charge on any atom is 0.0540 e. The molecule has 3 heteroatoms. The molecule has 3 aliphatic rings. The fourth-order valence-corrected chi connectivity index (χ4v) is 3.54. The van der Waals surface area contributed by atoms with E-state index in [1.807, 2.05) is 0 Å². The van der Waals surface area contributed by atoms with E-state index in [0.717, 1.165) is 24.8 Å². The van der Waals surface area contributed by atoms with Crippen molar-refractivity contribution in [3.05, 3.63) is 0 Å². The topological polar surface area (TPSA) is 35.5 Å². The Labute approximate surface area is 117 Å². The smallest absolute Gasteiger partial charge is 0.0540 e. The van der Waals surface area contributed by atoms with Crippen LogP contribution in [0.15, 0.2) is 0 Å². The molecular weight excluding hydrogens is 236 g/mol. The lowest BCUT2D eigenvalue weighted by Gasteiger charge is -2.39. The molecule has 0 aromatic heterocycles. The quantitative estimate of drug-likeness (QED) is 0.740. The third-order valence-corrected chi connectivity index (χ3v) is 4.95. The first-order chi connectivity index (χ1) is 9.22. The van der Waals surface area contributed by atoms with Crippen LogP contribution in [0.2, 0.25) is 0 Å². The summed E-state index contributed by atoms with van der Waals surface area (Å²) in [6.45, 7) is 5.86. The Hall–Kier alpha value is -0.120. The van der Waals surface area contributed by atoms with Gasteiger partial charge in [0, 0.05) is 31.7 Å². The first-order valence-corrected chi connectivity index (χ1v) is 8.39. The van der Waals surface area contributed by atoms with Gasteiger partial charge in [-0.25, -0.2) is 0 Å². The van der Waals surface area contributed by atoms with Crippen LogP contribution >= 0.6 is 0 Å². The minimum absolute atomic E-state index is 0.0903. The van der Waals surface area contributed by atoms with E-state index in [2.05, 4.69) is 17.1 Å². The van der Waals surface area contributed by atoms with Gasteiger partial charge in [-0.2, -0.15) is 0 Å². The minimum Gasteiger partial charge on any atom is -0.393 e. The van der Waals surface area contributed by atoms with Crippen LogP contribution in [0.4, 0.5) is 0 Å². The van der Waals surface area contributed by atoms with Gasteiger partial charge in [0.25, 0.3) is 0 Å². The predicted molar refractivity (Wildman–Crippen MR) is 78.1 cm³/mol. The number of aliphatic hydroxyl groups excluding tert-OH is 1. The number of nitrogens with one attached hydrogen (secondary N) is 1. The molecule has 3 atom stereocenters. The van der Waals surface area contributed by atoms with Crippen LogP contribution in [0.3, 0.4) is 0 Å². The van der Waals surface area contributed by atoms with Gasteiger partial charge in [-0.1, -0.05) is 6.92 Å². The molecule has 2 aliphatic carbocycles. The Balaban J connectivity index is 1.52. The zero-order chi connectivity index (χ0) is 13.2. The SMILES string of the molecule is CCC(O)CC1CC(NC2CC2)CN(CC2CC2)C1. The van der Waals surface area contributed by atoms with E-state index < -0.39 is 0 Å². The summed E-state index contributed by atoms with van der Waals surface area (Å²) in [5, 5.41) is 13.7. The van der Waals surface area contributed by atoms with E-state index in [0.29, 0.717) is 12.0 Å². The third kappa shape index (κ3) is 4.44. The van der Waals surface area contributed by atoms with Crippen LogP contribution in [-0.2, 0) is 0 Å². The Morgan fingerprint density at radius 3 is 2.53 bits per heavy atom. The van der Waals surface area contributed by atoms with E-state index in [1.54, 1.807) is 0 Å². The fourth-order valence-electron chi connectivity index (χ4n) is 3.54. The van der Waals surface area contributed by atoms with Crippen molar-refractivity contribution in [2.24, 2.45) is 11.8 Å². The molecule has 3 rings (SSSR count). The highest BCUT2D eigenvalue weighted by molar-refractivity contribution is 4.92. The molecule has 1 saturated heterocycles. The van der Waals surface area contributed by atoms with Crippen molar-refractivity contribution in [1.82, 2.24) is 10.2 Å². The minimum atomic E-state index is -0.0903. The summed E-state index contributed by atoms with van der Waals surface area (Å²) in [6.07, 6.45) is 8.73. The lowest BCUT2D eigenvalue weighted by atomic mass is 9.88. The summed E-state index contributed by atoms with van der Waals surface area (Å²) in [4.78, 5) is 2.67. The fraction of sp³-hybridized carbons (Fsp3) is 1.00. The largest absolute Gasteiger partial charge is 0.393 e. The highest BCUT2D eigenvalue weighted by Crippen LogP contribution is 2.32. The van der Waals surface area contributed by atoms with Gasteiger partial charge in [-0.3, -0.25) is 0 Å². The van der Waals surface area contributed by atoms with Gasteiger partial charge in [-0.15, -0.1) is 0 Å². The van der Waals surface area contributed by atoms with E-state index in [4.69, 9.17) is 0 Å². The van der Waals surface area contributed by atoms with Crippen LogP contribution in [-0.4, -0.2) is 47.8 Å². The molecule has 1 aliphatic heterocycles. The van der Waals surface area contributed by atoms with Gasteiger partial charge in [0.15, 0.2) is 0 Å². The van der Waals surface area contributed by atoms with Crippen molar-refractivity contribution < 1.29 is 5.11 Å². The second-order valence-corrected chi connectivity index (χ2v) is 7.20. The Bertz CT molecular complexity index is 266. The molecule has 2 N–H and O–H groups in total. The average Bonchev–Trinajstić information content (AvgIpc) is 3.25. The third-order valence-electron chi connectivity index (χ3n) is 4.95. The van der Waals surface area contributed by atoms with Gasteiger partial charge in [0.2, 0.25) is 0 Å². The van der Waals surface area contributed by atoms with Crippen molar-refractivity contribution >= 4 is 0 Å². The maximum atomic E-state index is 9.93. The van der Waals surface area contributed by atoms with Gasteiger partial charge in [0.1, 0.15) is 0 Å². The molecule has 19 heavy (non-hydrogen) atoms. The molecule has 0 aromatic carbocycles. The number of hydrogen-bond donors (Lipinski definition) is 2. The summed E-state index contributed by atoms with van der Waals surface area (Å²) in [5.41, 5.74) is 0. The van der Waals surface area contributed by atoms with Crippen molar-refractivity contribution in [3.63, 3.8) is 0 Å². The molecule has 0 radical (unpaired) electrons.